The monoisotopic (exact) mass is 355 g/mol. The van der Waals surface area contributed by atoms with Gasteiger partial charge in [0.2, 0.25) is 0 Å². The second-order valence-corrected chi connectivity index (χ2v) is 7.38. The molecule has 1 aromatic carbocycles. The van der Waals surface area contributed by atoms with Crippen LogP contribution in [0.25, 0.3) is 10.1 Å². The van der Waals surface area contributed by atoms with E-state index >= 15 is 0 Å². The Kier molecular flexibility index (Phi) is 5.61. The van der Waals surface area contributed by atoms with Crippen molar-refractivity contribution in [3.8, 4) is 0 Å². The number of halogens is 1. The third-order valence-electron chi connectivity index (χ3n) is 3.69. The van der Waals surface area contributed by atoms with Crippen molar-refractivity contribution < 1.29 is 4.74 Å². The van der Waals surface area contributed by atoms with Crippen LogP contribution in [0.4, 0.5) is 0 Å². The Hall–Kier alpha value is -0.420. The van der Waals surface area contributed by atoms with E-state index in [-0.39, 0.29) is 5.41 Å². The van der Waals surface area contributed by atoms with Crippen molar-refractivity contribution in [2.24, 2.45) is 0 Å². The van der Waals surface area contributed by atoms with Gasteiger partial charge in [0.15, 0.2) is 0 Å². The molecule has 0 atom stereocenters. The smallest absolute Gasteiger partial charge is 0.0587 e. The zero-order valence-corrected chi connectivity index (χ0v) is 14.7. The lowest BCUT2D eigenvalue weighted by Gasteiger charge is -2.25. The van der Waals surface area contributed by atoms with Crippen LogP contribution in [-0.2, 0) is 10.2 Å². The van der Waals surface area contributed by atoms with Crippen LogP contribution in [0.5, 0.6) is 0 Å². The van der Waals surface area contributed by atoms with Gasteiger partial charge < -0.3 is 10.1 Å². The van der Waals surface area contributed by atoms with Gasteiger partial charge in [-0.25, -0.2) is 0 Å². The minimum atomic E-state index is 0.180. The Morgan fingerprint density at radius 1 is 1.30 bits per heavy atom. The molecule has 110 valence electrons. The van der Waals surface area contributed by atoms with Crippen LogP contribution in [0, 0.1) is 0 Å². The van der Waals surface area contributed by atoms with Crippen LogP contribution in [0.1, 0.15) is 25.8 Å². The molecular weight excluding hydrogens is 334 g/mol. The second kappa shape index (κ2) is 7.03. The fourth-order valence-electron chi connectivity index (χ4n) is 2.38. The third kappa shape index (κ3) is 3.61. The van der Waals surface area contributed by atoms with E-state index in [0.29, 0.717) is 0 Å². The maximum Gasteiger partial charge on any atom is 0.0587 e. The molecule has 0 fully saturated rings. The summed E-state index contributed by atoms with van der Waals surface area (Å²) < 4.78 is 7.60. The van der Waals surface area contributed by atoms with Crippen LogP contribution in [0.3, 0.4) is 0 Å². The molecule has 2 nitrogen and oxygen atoms in total. The first-order valence-electron chi connectivity index (χ1n) is 6.92. The van der Waals surface area contributed by atoms with Gasteiger partial charge >= 0.3 is 0 Å². The van der Waals surface area contributed by atoms with Crippen LogP contribution in [0.15, 0.2) is 28.1 Å². The number of methoxy groups -OCH3 is 1. The van der Waals surface area contributed by atoms with Gasteiger partial charge in [-0.05, 0) is 56.7 Å². The molecule has 2 rings (SSSR count). The predicted molar refractivity (Wildman–Crippen MR) is 91.9 cm³/mol. The zero-order valence-electron chi connectivity index (χ0n) is 12.3. The van der Waals surface area contributed by atoms with E-state index in [1.165, 1.54) is 20.1 Å². The lowest BCUT2D eigenvalue weighted by atomic mass is 9.81. The lowest BCUT2D eigenvalue weighted by molar-refractivity contribution is 0.198. The highest BCUT2D eigenvalue weighted by Gasteiger charge is 2.23. The summed E-state index contributed by atoms with van der Waals surface area (Å²) in [6.07, 6.45) is 1.12. The summed E-state index contributed by atoms with van der Waals surface area (Å²) in [7, 11) is 1.74. The van der Waals surface area contributed by atoms with Gasteiger partial charge in [0.25, 0.3) is 0 Å². The van der Waals surface area contributed by atoms with E-state index in [9.17, 15) is 0 Å². The topological polar surface area (TPSA) is 21.3 Å². The van der Waals surface area contributed by atoms with Crippen molar-refractivity contribution in [2.45, 2.75) is 25.7 Å². The minimum Gasteiger partial charge on any atom is -0.383 e. The van der Waals surface area contributed by atoms with Crippen molar-refractivity contribution in [3.05, 3.63) is 33.6 Å². The zero-order chi connectivity index (χ0) is 14.6. The lowest BCUT2D eigenvalue weighted by Crippen LogP contribution is -2.27. The van der Waals surface area contributed by atoms with Crippen molar-refractivity contribution in [3.63, 3.8) is 0 Å². The predicted octanol–water partition coefficient (Wildman–Crippen LogP) is 4.57. The number of nitrogens with one attached hydrogen (secondary N) is 1. The van der Waals surface area contributed by atoms with E-state index in [1.807, 2.05) is 11.3 Å². The maximum absolute atomic E-state index is 5.05. The third-order valence-corrected chi connectivity index (χ3v) is 5.64. The summed E-state index contributed by atoms with van der Waals surface area (Å²) in [5.41, 5.74) is 1.63. The number of hydrogen-bond acceptors (Lipinski definition) is 3. The highest BCUT2D eigenvalue weighted by molar-refractivity contribution is 9.10. The van der Waals surface area contributed by atoms with E-state index < -0.39 is 0 Å². The molecule has 1 heterocycles. The first-order chi connectivity index (χ1) is 9.56. The summed E-state index contributed by atoms with van der Waals surface area (Å²) in [5.74, 6) is 0. The molecular formula is C16H22BrNOS. The molecule has 0 radical (unpaired) electrons. The van der Waals surface area contributed by atoms with Gasteiger partial charge in [0, 0.05) is 22.8 Å². The van der Waals surface area contributed by atoms with E-state index in [4.69, 9.17) is 4.74 Å². The number of thiophene rings is 1. The quantitative estimate of drug-likeness (QED) is 0.734. The average Bonchev–Trinajstić information content (AvgIpc) is 2.84. The number of hydrogen-bond donors (Lipinski definition) is 1. The highest BCUT2D eigenvalue weighted by atomic mass is 79.9. The van der Waals surface area contributed by atoms with E-state index in [0.717, 1.165) is 26.1 Å². The first-order valence-corrected chi connectivity index (χ1v) is 8.59. The molecule has 4 heteroatoms. The Balaban J connectivity index is 2.09. The van der Waals surface area contributed by atoms with Crippen LogP contribution >= 0.6 is 27.3 Å². The molecule has 1 aromatic heterocycles. The fourth-order valence-corrected chi connectivity index (χ4v) is 4.19. The molecule has 0 unspecified atom stereocenters. The first kappa shape index (κ1) is 16.0. The van der Waals surface area contributed by atoms with Crippen molar-refractivity contribution in [1.82, 2.24) is 5.32 Å². The molecule has 0 saturated heterocycles. The summed E-state index contributed by atoms with van der Waals surface area (Å²) >= 11 is 5.47. The summed E-state index contributed by atoms with van der Waals surface area (Å²) in [6, 6.07) is 6.46. The Labute approximate surface area is 133 Å². The number of fused-ring (bicyclic) bond motifs is 1. The highest BCUT2D eigenvalue weighted by Crippen LogP contribution is 2.39. The van der Waals surface area contributed by atoms with Gasteiger partial charge in [0.1, 0.15) is 0 Å². The number of rotatable bonds is 7. The fraction of sp³-hybridized carbons (Fsp3) is 0.500. The van der Waals surface area contributed by atoms with Gasteiger partial charge in [-0.1, -0.05) is 26.0 Å². The summed E-state index contributed by atoms with van der Waals surface area (Å²) in [4.78, 5) is 0. The SMILES string of the molecule is COCCNCCC(C)(C)c1csc2c(Br)cccc12. The minimum absolute atomic E-state index is 0.180. The molecule has 2 aromatic rings. The molecule has 0 bridgehead atoms. The Bertz CT molecular complexity index is 565. The molecule has 20 heavy (non-hydrogen) atoms. The summed E-state index contributed by atoms with van der Waals surface area (Å²) in [6.45, 7) is 7.36. The molecule has 0 spiro atoms. The molecule has 0 aliphatic heterocycles. The number of benzene rings is 1. The molecule has 1 N–H and O–H groups in total. The van der Waals surface area contributed by atoms with Crippen LogP contribution in [0.2, 0.25) is 0 Å². The summed E-state index contributed by atoms with van der Waals surface area (Å²) in [5, 5.41) is 7.12. The van der Waals surface area contributed by atoms with Gasteiger partial charge in [-0.2, -0.15) is 0 Å². The molecule has 0 amide bonds. The van der Waals surface area contributed by atoms with E-state index in [2.05, 4.69) is 58.7 Å². The van der Waals surface area contributed by atoms with E-state index in [1.54, 1.807) is 7.11 Å². The second-order valence-electron chi connectivity index (χ2n) is 5.64. The van der Waals surface area contributed by atoms with Crippen molar-refractivity contribution >= 4 is 37.4 Å². The maximum atomic E-state index is 5.05. The van der Waals surface area contributed by atoms with Crippen molar-refractivity contribution in [1.29, 1.82) is 0 Å². The largest absolute Gasteiger partial charge is 0.383 e. The standard InChI is InChI=1S/C16H22BrNOS/c1-16(2,7-8-18-9-10-19-3)13-11-20-15-12(13)5-4-6-14(15)17/h4-6,11,18H,7-10H2,1-3H3. The average molecular weight is 356 g/mol. The van der Waals surface area contributed by atoms with Crippen LogP contribution in [-0.4, -0.2) is 26.8 Å². The Morgan fingerprint density at radius 3 is 2.85 bits per heavy atom. The molecule has 0 saturated carbocycles. The van der Waals surface area contributed by atoms with Gasteiger partial charge in [-0.3, -0.25) is 0 Å². The Morgan fingerprint density at radius 2 is 2.10 bits per heavy atom. The van der Waals surface area contributed by atoms with Crippen LogP contribution < -0.4 is 5.32 Å². The normalized spacial score (nSPS) is 12.2. The van der Waals surface area contributed by atoms with Crippen molar-refractivity contribution in [2.75, 3.05) is 26.8 Å². The molecule has 0 aliphatic rings. The van der Waals surface area contributed by atoms with Gasteiger partial charge in [-0.15, -0.1) is 11.3 Å². The number of ether oxygens (including phenoxy) is 1. The van der Waals surface area contributed by atoms with Gasteiger partial charge in [0.05, 0.1) is 6.61 Å². The molecule has 0 aliphatic carbocycles.